The van der Waals surface area contributed by atoms with Gasteiger partial charge in [-0.15, -0.1) is 0 Å². The summed E-state index contributed by atoms with van der Waals surface area (Å²) >= 11 is 38.2. The Morgan fingerprint density at radius 3 is 1.25 bits per heavy atom. The number of nitrogens with one attached hydrogen (secondary N) is 1. The molecule has 0 heterocycles. The van der Waals surface area contributed by atoms with Crippen LogP contribution in [0.5, 0.6) is 0 Å². The number of guanidine groups is 1. The van der Waals surface area contributed by atoms with E-state index in [9.17, 15) is 42.6 Å². The zero-order valence-corrected chi connectivity index (χ0v) is 43.4. The number of thiol groups is 10. The highest BCUT2D eigenvalue weighted by atomic mass is 32.2. The standard InChI is InChI=1S/C10H20N2O2S2.C6H11NO3S2.C6H10O4S2.C5H9N3O2S2.C4H10OS3/c1-11(2)9(13)7(15)5-6-8(16)10(14)12(3)4;1-7(5(9)3-12)6(10)4(8)2-11;7-3(1-11)5(9)6(10)4(8)2-12;6-5(7-3(9)1-11)8-4(10)2-12;5-8(3-1-6)4-2-7/h7-8,15-16H,5-6H2,1-4H3;6,10-12H,2-3H2,1H3;5-6,9-12H,1-2H2;11-12H,1-2H2,(H3,6,7,8,9,10);6-7H,1-4H2. The van der Waals surface area contributed by atoms with Gasteiger partial charge in [0.05, 0.1) is 45.0 Å². The molecular formula is C31H60N6O12S11. The molecule has 0 rings (SSSR count). The molecule has 60 heavy (non-hydrogen) atoms. The largest absolute Gasteiger partial charge is 0.382 e. The molecule has 6 N–H and O–H groups in total. The lowest BCUT2D eigenvalue weighted by molar-refractivity contribution is -0.146. The molecular weight excluding hydrogens is 1000 g/mol. The van der Waals surface area contributed by atoms with E-state index < -0.39 is 64.3 Å². The first-order valence-corrected chi connectivity index (χ1v) is 24.4. The number of aliphatic imine (C=N–C) groups is 1. The van der Waals surface area contributed by atoms with Crippen molar-refractivity contribution in [1.29, 1.82) is 0 Å². The van der Waals surface area contributed by atoms with Crippen LogP contribution in [0.2, 0.25) is 0 Å². The molecule has 0 aliphatic heterocycles. The quantitative estimate of drug-likeness (QED) is 0.0268. The highest BCUT2D eigenvalue weighted by Crippen LogP contribution is 2.14. The second-order valence-electron chi connectivity index (χ2n) is 11.4. The maximum absolute atomic E-state index is 11.5. The van der Waals surface area contributed by atoms with Gasteiger partial charge in [-0.3, -0.25) is 47.9 Å². The van der Waals surface area contributed by atoms with Gasteiger partial charge in [0.1, 0.15) is 12.2 Å². The van der Waals surface area contributed by atoms with E-state index in [1.807, 2.05) is 0 Å². The van der Waals surface area contributed by atoms with Gasteiger partial charge in [-0.05, 0) is 12.8 Å². The second-order valence-corrected chi connectivity index (χ2v) is 17.2. The van der Waals surface area contributed by atoms with Gasteiger partial charge in [0.15, 0.2) is 23.6 Å². The number of hydrogen-bond acceptors (Lipinski definition) is 22. The summed E-state index contributed by atoms with van der Waals surface area (Å²) in [6.07, 6.45) is -3.66. The zero-order valence-electron chi connectivity index (χ0n) is 33.6. The first-order chi connectivity index (χ1) is 27.8. The first kappa shape index (κ1) is 68.6. The molecule has 0 aromatic carbocycles. The Morgan fingerprint density at radius 2 is 0.983 bits per heavy atom. The Morgan fingerprint density at radius 1 is 0.617 bits per heavy atom. The molecule has 0 bridgehead atoms. The van der Waals surface area contributed by atoms with Gasteiger partial charge in [-0.2, -0.15) is 131 Å². The summed E-state index contributed by atoms with van der Waals surface area (Å²) in [5, 5.41) is 28.6. The summed E-state index contributed by atoms with van der Waals surface area (Å²) < 4.78 is 10.7. The minimum atomic E-state index is -1.68. The third kappa shape index (κ3) is 37.0. The van der Waals surface area contributed by atoms with E-state index in [0.717, 1.165) is 4.90 Å². The molecule has 0 fully saturated rings. The summed E-state index contributed by atoms with van der Waals surface area (Å²) in [6, 6.07) is 0. The maximum Gasteiger partial charge on any atom is 0.258 e. The number of likely N-dealkylation sites (N-methyl/N-ethyl adjacent to an activating group) is 1. The van der Waals surface area contributed by atoms with Gasteiger partial charge < -0.3 is 35.8 Å². The Labute approximate surface area is 409 Å². The lowest BCUT2D eigenvalue weighted by Gasteiger charge is -2.20. The van der Waals surface area contributed by atoms with E-state index in [0.29, 0.717) is 35.9 Å². The normalized spacial score (nSPS) is 12.9. The Kier molecular flexibility index (Phi) is 48.6. The second kappa shape index (κ2) is 42.5. The molecule has 0 saturated carbocycles. The number of nitrogens with two attached hydrogens (primary N) is 1. The Bertz CT molecular complexity index is 1260. The number of rotatable bonds is 20. The smallest absolute Gasteiger partial charge is 0.258 e. The third-order valence-electron chi connectivity index (χ3n) is 6.20. The van der Waals surface area contributed by atoms with Crippen molar-refractivity contribution in [2.45, 2.75) is 41.8 Å². The molecule has 18 nitrogen and oxygen atoms in total. The highest BCUT2D eigenvalue weighted by molar-refractivity contribution is 7.88. The van der Waals surface area contributed by atoms with Crippen LogP contribution >= 0.6 is 126 Å². The van der Waals surface area contributed by atoms with Crippen molar-refractivity contribution >= 4 is 190 Å². The van der Waals surface area contributed by atoms with Crippen molar-refractivity contribution in [3.8, 4) is 0 Å². The van der Waals surface area contributed by atoms with E-state index in [1.165, 1.54) is 16.8 Å². The van der Waals surface area contributed by atoms with Crippen LogP contribution in [0.3, 0.4) is 0 Å². The number of carbonyl (C=O) groups excluding carboxylic acids is 8. The van der Waals surface area contributed by atoms with Crippen LogP contribution in [0.15, 0.2) is 4.99 Å². The number of ketones is 3. The SMILES string of the molecule is CN(C(=O)CS)C(O)C(=O)CS.CN(C)C(=O)C(S)CCC(S)C(=O)N(C)C.NC(=NC(=O)CS)NC(=O)CS.O=C(CS)C(O)C(O)C(=O)CS.O=S(CCS)CCS. The lowest BCUT2D eigenvalue weighted by atomic mass is 10.1. The number of aliphatic hydroxyl groups is 3. The zero-order chi connectivity index (χ0) is 48.3. The van der Waals surface area contributed by atoms with Crippen LogP contribution in [-0.4, -0.2) is 209 Å². The minimum Gasteiger partial charge on any atom is -0.382 e. The van der Waals surface area contributed by atoms with Gasteiger partial charge in [0.2, 0.25) is 29.6 Å². The monoisotopic (exact) mass is 1060 g/mol. The van der Waals surface area contributed by atoms with E-state index in [1.54, 1.807) is 28.2 Å². The summed E-state index contributed by atoms with van der Waals surface area (Å²) in [5.74, 6) is -1.28. The Hall–Kier alpha value is -0.440. The van der Waals surface area contributed by atoms with Crippen molar-refractivity contribution in [3.05, 3.63) is 0 Å². The molecule has 5 amide bonds. The number of aliphatic hydroxyl groups excluding tert-OH is 3. The Balaban J connectivity index is -0.000000213. The van der Waals surface area contributed by atoms with Crippen molar-refractivity contribution < 1.29 is 57.9 Å². The molecule has 0 spiro atoms. The van der Waals surface area contributed by atoms with Gasteiger partial charge in [-0.1, -0.05) is 0 Å². The number of hydrogen-bond donors (Lipinski definition) is 15. The van der Waals surface area contributed by atoms with Crippen LogP contribution in [0.4, 0.5) is 0 Å². The topological polar surface area (TPSA) is 274 Å². The van der Waals surface area contributed by atoms with Gasteiger partial charge >= 0.3 is 0 Å². The van der Waals surface area contributed by atoms with Gasteiger partial charge in [-0.25, -0.2) is 0 Å². The van der Waals surface area contributed by atoms with Crippen LogP contribution in [-0.2, 0) is 49.2 Å². The summed E-state index contributed by atoms with van der Waals surface area (Å²) in [6.45, 7) is 0. The van der Waals surface area contributed by atoms with Crippen molar-refractivity contribution in [2.24, 2.45) is 10.7 Å². The molecule has 5 unspecified atom stereocenters. The molecule has 352 valence electrons. The minimum absolute atomic E-state index is 0.00865. The lowest BCUT2D eigenvalue weighted by Crippen LogP contribution is -2.43. The van der Waals surface area contributed by atoms with Crippen molar-refractivity contribution in [2.75, 3.05) is 92.8 Å². The van der Waals surface area contributed by atoms with Gasteiger partial charge in [0, 0.05) is 69.0 Å². The summed E-state index contributed by atoms with van der Waals surface area (Å²) in [7, 11) is 7.42. The fourth-order valence-electron chi connectivity index (χ4n) is 2.93. The number of amides is 5. The molecule has 0 radical (unpaired) electrons. The molecule has 0 aliphatic carbocycles. The van der Waals surface area contributed by atoms with Crippen LogP contribution in [0.25, 0.3) is 0 Å². The highest BCUT2D eigenvalue weighted by Gasteiger charge is 2.28. The van der Waals surface area contributed by atoms with Crippen LogP contribution in [0, 0.1) is 0 Å². The predicted molar refractivity (Wildman–Crippen MR) is 271 cm³/mol. The van der Waals surface area contributed by atoms with Gasteiger partial charge in [0.25, 0.3) is 5.91 Å². The number of carbonyl (C=O) groups is 8. The maximum atomic E-state index is 11.5. The summed E-state index contributed by atoms with van der Waals surface area (Å²) in [5.41, 5.74) is 5.16. The molecule has 0 aliphatic rings. The number of Topliss-reactive ketones (excluding diaryl/α,β-unsaturated/α-hetero) is 3. The van der Waals surface area contributed by atoms with Crippen LogP contribution in [0.1, 0.15) is 12.8 Å². The van der Waals surface area contributed by atoms with E-state index >= 15 is 0 Å². The first-order valence-electron chi connectivity index (χ1n) is 16.8. The number of nitrogens with zero attached hydrogens (tertiary/aromatic N) is 4. The molecule has 29 heteroatoms. The summed E-state index contributed by atoms with van der Waals surface area (Å²) in [4.78, 5) is 94.5. The molecule has 0 saturated heterocycles. The fourth-order valence-corrected chi connectivity index (χ4v) is 6.43. The third-order valence-corrected chi connectivity index (χ3v) is 11.3. The molecule has 0 aromatic heterocycles. The predicted octanol–water partition coefficient (Wildman–Crippen LogP) is -2.16. The van der Waals surface area contributed by atoms with E-state index in [4.69, 9.17) is 21.1 Å². The van der Waals surface area contributed by atoms with Crippen molar-refractivity contribution in [3.63, 3.8) is 0 Å². The van der Waals surface area contributed by atoms with E-state index in [-0.39, 0.29) is 62.8 Å². The average Bonchev–Trinajstić information content (AvgIpc) is 3.23. The van der Waals surface area contributed by atoms with Crippen molar-refractivity contribution in [1.82, 2.24) is 20.0 Å². The van der Waals surface area contributed by atoms with Crippen LogP contribution < -0.4 is 11.1 Å². The van der Waals surface area contributed by atoms with E-state index in [2.05, 4.69) is 137 Å². The fraction of sp³-hybridized carbons (Fsp3) is 0.710. The molecule has 0 aromatic rings. The molecule has 5 atom stereocenters. The average molecular weight is 1060 g/mol.